The number of aliphatic imine (C=N–C) groups is 1. The molecule has 0 radical (unpaired) electrons. The molecule has 112 valence electrons. The second-order valence-corrected chi connectivity index (χ2v) is 5.58. The van der Waals surface area contributed by atoms with Crippen molar-refractivity contribution in [1.29, 1.82) is 0 Å². The second-order valence-electron chi connectivity index (χ2n) is 5.14. The lowest BCUT2D eigenvalue weighted by Crippen LogP contribution is -2.41. The predicted molar refractivity (Wildman–Crippen MR) is 97.4 cm³/mol. The number of rotatable bonds is 5. The van der Waals surface area contributed by atoms with Gasteiger partial charge < -0.3 is 10.6 Å². The maximum absolute atomic E-state index is 5.94. The van der Waals surface area contributed by atoms with Gasteiger partial charge in [-0.1, -0.05) is 30.7 Å². The molecule has 1 saturated carbocycles. The van der Waals surface area contributed by atoms with Crippen LogP contribution in [0.5, 0.6) is 0 Å². The summed E-state index contributed by atoms with van der Waals surface area (Å²) in [5, 5.41) is 7.52. The zero-order chi connectivity index (χ0) is 13.7. The Morgan fingerprint density at radius 1 is 1.25 bits per heavy atom. The summed E-state index contributed by atoms with van der Waals surface area (Å²) in [5.74, 6) is 0.891. The van der Waals surface area contributed by atoms with E-state index in [0.29, 0.717) is 0 Å². The number of nitrogens with one attached hydrogen (secondary N) is 2. The average Bonchev–Trinajstić information content (AvgIpc) is 3.21. The van der Waals surface area contributed by atoms with E-state index in [-0.39, 0.29) is 29.4 Å². The van der Waals surface area contributed by atoms with Crippen molar-refractivity contribution in [2.24, 2.45) is 4.99 Å². The van der Waals surface area contributed by atoms with E-state index >= 15 is 0 Å². The largest absolute Gasteiger partial charge is 0.356 e. The van der Waals surface area contributed by atoms with Gasteiger partial charge in [-0.25, -0.2) is 0 Å². The van der Waals surface area contributed by atoms with Crippen LogP contribution in [-0.4, -0.2) is 26.1 Å². The van der Waals surface area contributed by atoms with Crippen molar-refractivity contribution in [1.82, 2.24) is 10.6 Å². The lowest BCUT2D eigenvalue weighted by molar-refractivity contribution is 0.644. The quantitative estimate of drug-likeness (QED) is 0.445. The van der Waals surface area contributed by atoms with Crippen molar-refractivity contribution in [3.05, 3.63) is 34.9 Å². The van der Waals surface area contributed by atoms with E-state index in [0.717, 1.165) is 30.5 Å². The fraction of sp³-hybridized carbons (Fsp3) is 0.533. The first-order valence-electron chi connectivity index (χ1n) is 6.91. The van der Waals surface area contributed by atoms with Gasteiger partial charge in [-0.2, -0.15) is 0 Å². The zero-order valence-corrected chi connectivity index (χ0v) is 15.2. The summed E-state index contributed by atoms with van der Waals surface area (Å²) in [6.45, 7) is 4.03. The molecule has 20 heavy (non-hydrogen) atoms. The summed E-state index contributed by atoms with van der Waals surface area (Å²) in [6, 6.07) is 8.22. The maximum atomic E-state index is 5.94. The lowest BCUT2D eigenvalue weighted by Gasteiger charge is -2.19. The van der Waals surface area contributed by atoms with E-state index in [1.165, 1.54) is 18.4 Å². The summed E-state index contributed by atoms with van der Waals surface area (Å²) in [6.07, 6.45) is 3.56. The average molecular weight is 408 g/mol. The second kappa shape index (κ2) is 8.08. The first-order valence-corrected chi connectivity index (χ1v) is 7.28. The lowest BCUT2D eigenvalue weighted by atomic mass is 9.96. The van der Waals surface area contributed by atoms with Crippen molar-refractivity contribution < 1.29 is 0 Å². The van der Waals surface area contributed by atoms with Crippen LogP contribution in [-0.2, 0) is 5.41 Å². The van der Waals surface area contributed by atoms with Gasteiger partial charge in [0.2, 0.25) is 0 Å². The normalized spacial score (nSPS) is 16.2. The Morgan fingerprint density at radius 3 is 2.40 bits per heavy atom. The molecule has 0 aliphatic heterocycles. The van der Waals surface area contributed by atoms with Crippen molar-refractivity contribution >= 4 is 41.5 Å². The van der Waals surface area contributed by atoms with Crippen LogP contribution < -0.4 is 10.6 Å². The van der Waals surface area contributed by atoms with Gasteiger partial charge in [-0.05, 0) is 37.0 Å². The Labute approximate surface area is 143 Å². The van der Waals surface area contributed by atoms with E-state index in [4.69, 9.17) is 11.6 Å². The van der Waals surface area contributed by atoms with Crippen molar-refractivity contribution in [2.45, 2.75) is 31.6 Å². The molecule has 3 nitrogen and oxygen atoms in total. The van der Waals surface area contributed by atoms with Crippen LogP contribution in [0.1, 0.15) is 31.7 Å². The van der Waals surface area contributed by atoms with Gasteiger partial charge in [-0.3, -0.25) is 4.99 Å². The predicted octanol–water partition coefficient (Wildman–Crippen LogP) is 3.56. The molecule has 0 saturated heterocycles. The molecule has 1 aliphatic rings. The highest BCUT2D eigenvalue weighted by molar-refractivity contribution is 14.0. The number of guanidine groups is 1. The minimum Gasteiger partial charge on any atom is -0.356 e. The molecule has 0 bridgehead atoms. The minimum atomic E-state index is 0. The number of hydrogen-bond donors (Lipinski definition) is 2. The van der Waals surface area contributed by atoms with Gasteiger partial charge in [0.1, 0.15) is 0 Å². The zero-order valence-electron chi connectivity index (χ0n) is 12.1. The number of halogens is 2. The molecular formula is C15H23ClIN3. The molecule has 1 aromatic rings. The fourth-order valence-electron chi connectivity index (χ4n) is 2.24. The maximum Gasteiger partial charge on any atom is 0.191 e. The first kappa shape index (κ1) is 17.6. The van der Waals surface area contributed by atoms with E-state index in [9.17, 15) is 0 Å². The van der Waals surface area contributed by atoms with Crippen LogP contribution in [0.15, 0.2) is 29.3 Å². The Morgan fingerprint density at radius 2 is 1.90 bits per heavy atom. The molecule has 0 unspecified atom stereocenters. The number of nitrogens with zero attached hydrogens (tertiary/aromatic N) is 1. The number of hydrogen-bond acceptors (Lipinski definition) is 1. The minimum absolute atomic E-state index is 0. The summed E-state index contributed by atoms with van der Waals surface area (Å²) in [7, 11) is 1.81. The van der Waals surface area contributed by atoms with Gasteiger partial charge in [0.25, 0.3) is 0 Å². The molecular weight excluding hydrogens is 385 g/mol. The monoisotopic (exact) mass is 407 g/mol. The Bertz CT molecular complexity index is 441. The molecule has 1 aromatic carbocycles. The Balaban J connectivity index is 0.00000200. The van der Waals surface area contributed by atoms with E-state index < -0.39 is 0 Å². The van der Waals surface area contributed by atoms with Gasteiger partial charge in [0.05, 0.1) is 0 Å². The molecule has 1 aliphatic carbocycles. The SMILES string of the molecule is CCCNC(=NC)NCC1(c2ccc(Cl)cc2)CC1.I. The van der Waals surface area contributed by atoms with Crippen LogP contribution >= 0.6 is 35.6 Å². The van der Waals surface area contributed by atoms with E-state index in [1.807, 2.05) is 19.2 Å². The molecule has 0 atom stereocenters. The number of benzene rings is 1. The van der Waals surface area contributed by atoms with Gasteiger partial charge >= 0.3 is 0 Å². The third-order valence-corrected chi connectivity index (χ3v) is 3.92. The van der Waals surface area contributed by atoms with Crippen LogP contribution in [0.4, 0.5) is 0 Å². The van der Waals surface area contributed by atoms with Crippen LogP contribution in [0, 0.1) is 0 Å². The topological polar surface area (TPSA) is 36.4 Å². The molecule has 2 N–H and O–H groups in total. The fourth-order valence-corrected chi connectivity index (χ4v) is 2.36. The van der Waals surface area contributed by atoms with E-state index in [1.54, 1.807) is 0 Å². The molecule has 1 fully saturated rings. The van der Waals surface area contributed by atoms with Gasteiger partial charge in [-0.15, -0.1) is 24.0 Å². The Kier molecular flexibility index (Phi) is 7.09. The van der Waals surface area contributed by atoms with Crippen LogP contribution in [0.3, 0.4) is 0 Å². The summed E-state index contributed by atoms with van der Waals surface area (Å²) in [4.78, 5) is 4.24. The summed E-state index contributed by atoms with van der Waals surface area (Å²) >= 11 is 5.94. The van der Waals surface area contributed by atoms with E-state index in [2.05, 4.69) is 34.7 Å². The summed E-state index contributed by atoms with van der Waals surface area (Å²) in [5.41, 5.74) is 1.64. The highest BCUT2D eigenvalue weighted by Crippen LogP contribution is 2.47. The molecule has 0 spiro atoms. The summed E-state index contributed by atoms with van der Waals surface area (Å²) < 4.78 is 0. The standard InChI is InChI=1S/C15H22ClN3.HI/c1-3-10-18-14(17-2)19-11-15(8-9-15)12-4-6-13(16)7-5-12;/h4-7H,3,8-11H2,1-2H3,(H2,17,18,19);1H. The molecule has 5 heteroatoms. The van der Waals surface area contributed by atoms with Gasteiger partial charge in [0, 0.05) is 30.6 Å². The highest BCUT2D eigenvalue weighted by atomic mass is 127. The molecule has 0 amide bonds. The molecule has 2 rings (SSSR count). The smallest absolute Gasteiger partial charge is 0.191 e. The van der Waals surface area contributed by atoms with Crippen LogP contribution in [0.25, 0.3) is 0 Å². The third kappa shape index (κ3) is 4.52. The highest BCUT2D eigenvalue weighted by Gasteiger charge is 2.44. The van der Waals surface area contributed by atoms with Crippen molar-refractivity contribution in [2.75, 3.05) is 20.1 Å². The first-order chi connectivity index (χ1) is 9.20. The Hall–Kier alpha value is -0.490. The molecule has 0 heterocycles. The van der Waals surface area contributed by atoms with Crippen molar-refractivity contribution in [3.63, 3.8) is 0 Å². The van der Waals surface area contributed by atoms with Crippen LogP contribution in [0.2, 0.25) is 5.02 Å². The molecule has 0 aromatic heterocycles. The van der Waals surface area contributed by atoms with Gasteiger partial charge in [0.15, 0.2) is 5.96 Å². The van der Waals surface area contributed by atoms with Crippen molar-refractivity contribution in [3.8, 4) is 0 Å². The third-order valence-electron chi connectivity index (χ3n) is 3.67.